The van der Waals surface area contributed by atoms with Crippen molar-refractivity contribution in [2.75, 3.05) is 33.2 Å². The van der Waals surface area contributed by atoms with Crippen LogP contribution in [-0.4, -0.2) is 71.9 Å². The molecule has 0 unspecified atom stereocenters. The highest BCUT2D eigenvalue weighted by atomic mass is 35.5. The van der Waals surface area contributed by atoms with Gasteiger partial charge in [-0.15, -0.1) is 0 Å². The van der Waals surface area contributed by atoms with Gasteiger partial charge in [-0.25, -0.2) is 4.79 Å². The summed E-state index contributed by atoms with van der Waals surface area (Å²) >= 11 is 12.5. The highest BCUT2D eigenvalue weighted by molar-refractivity contribution is 6.42. The van der Waals surface area contributed by atoms with Gasteiger partial charge in [-0.05, 0) is 55.5 Å². The molecule has 2 heterocycles. The van der Waals surface area contributed by atoms with E-state index >= 15 is 0 Å². The Morgan fingerprint density at radius 1 is 0.947 bits per heavy atom. The van der Waals surface area contributed by atoms with Gasteiger partial charge in [0, 0.05) is 50.5 Å². The summed E-state index contributed by atoms with van der Waals surface area (Å²) in [5, 5.41) is 0.889. The van der Waals surface area contributed by atoms with Crippen molar-refractivity contribution in [2.45, 2.75) is 44.6 Å². The largest absolute Gasteiger partial charge is 0.415 e. The maximum atomic E-state index is 13.7. The van der Waals surface area contributed by atoms with Gasteiger partial charge in [-0.3, -0.25) is 9.59 Å². The summed E-state index contributed by atoms with van der Waals surface area (Å²) in [6, 6.07) is 14.1. The first-order valence-electron chi connectivity index (χ1n) is 13.2. The predicted octanol–water partition coefficient (Wildman–Crippen LogP) is 5.46. The molecule has 2 aromatic rings. The van der Waals surface area contributed by atoms with Crippen LogP contribution in [0.15, 0.2) is 48.5 Å². The van der Waals surface area contributed by atoms with Crippen LogP contribution in [0.4, 0.5) is 4.79 Å². The minimum Gasteiger partial charge on any atom is -0.410 e. The van der Waals surface area contributed by atoms with Crippen LogP contribution in [0.5, 0.6) is 5.75 Å². The third-order valence-corrected chi connectivity index (χ3v) is 9.09. The van der Waals surface area contributed by atoms with Crippen molar-refractivity contribution in [1.29, 1.82) is 0 Å². The lowest BCUT2D eigenvalue weighted by Crippen LogP contribution is -2.46. The SMILES string of the molecule is CN(C(=O)Oc1ccccc1)[C@H]1CN(C(=O)C2CCN(C(=O)C3(C)CC3)CC2)C[C@@H]1c1ccc(Cl)c(Cl)c1. The topological polar surface area (TPSA) is 70.2 Å². The molecular formula is C29H33Cl2N3O4. The van der Waals surface area contributed by atoms with E-state index in [4.69, 9.17) is 27.9 Å². The Bertz CT molecular complexity index is 1210. The Hall–Kier alpha value is -2.77. The van der Waals surface area contributed by atoms with Gasteiger partial charge < -0.3 is 19.4 Å². The second kappa shape index (κ2) is 10.8. The number of halogens is 2. The third kappa shape index (κ3) is 5.50. The molecule has 2 aromatic carbocycles. The van der Waals surface area contributed by atoms with Gasteiger partial charge in [-0.1, -0.05) is 54.4 Å². The molecule has 202 valence electrons. The summed E-state index contributed by atoms with van der Waals surface area (Å²) in [6.07, 6.45) is 2.74. The van der Waals surface area contributed by atoms with E-state index in [1.165, 1.54) is 0 Å². The average Bonchev–Trinajstić information content (AvgIpc) is 3.53. The number of carbonyl (C=O) groups is 3. The van der Waals surface area contributed by atoms with Gasteiger partial charge >= 0.3 is 6.09 Å². The number of likely N-dealkylation sites (N-methyl/N-ethyl adjacent to an activating group) is 1. The van der Waals surface area contributed by atoms with Crippen molar-refractivity contribution in [2.24, 2.45) is 11.3 Å². The third-order valence-electron chi connectivity index (χ3n) is 8.35. The van der Waals surface area contributed by atoms with Crippen LogP contribution in [-0.2, 0) is 9.59 Å². The molecular weight excluding hydrogens is 525 g/mol. The van der Waals surface area contributed by atoms with Gasteiger partial charge in [0.2, 0.25) is 11.8 Å². The number of nitrogens with zero attached hydrogens (tertiary/aromatic N) is 3. The quantitative estimate of drug-likeness (QED) is 0.489. The standard InChI is InChI=1S/C29H33Cl2N3O4/c1-29(12-13-29)27(36)33-14-10-19(11-15-33)26(35)34-17-22(20-8-9-23(30)24(31)16-20)25(18-34)32(2)28(37)38-21-6-4-3-5-7-21/h3-9,16,19,22,25H,10-15,17-18H2,1-2H3/t22-,25+/m1/s1. The fraction of sp³-hybridized carbons (Fsp3) is 0.483. The molecule has 0 spiro atoms. The number of benzene rings is 2. The molecule has 2 atom stereocenters. The minimum atomic E-state index is -0.485. The van der Waals surface area contributed by atoms with Crippen molar-refractivity contribution < 1.29 is 19.1 Å². The number of hydrogen-bond acceptors (Lipinski definition) is 4. The zero-order chi connectivity index (χ0) is 27.0. The number of para-hydroxylation sites is 1. The number of hydrogen-bond donors (Lipinski definition) is 0. The van der Waals surface area contributed by atoms with Crippen molar-refractivity contribution in [3.8, 4) is 5.75 Å². The molecule has 3 aliphatic rings. The smallest absolute Gasteiger partial charge is 0.410 e. The Morgan fingerprint density at radius 2 is 1.63 bits per heavy atom. The van der Waals surface area contributed by atoms with Crippen molar-refractivity contribution in [1.82, 2.24) is 14.7 Å². The zero-order valence-corrected chi connectivity index (χ0v) is 23.3. The van der Waals surface area contributed by atoms with Gasteiger partial charge in [0.1, 0.15) is 5.75 Å². The number of carbonyl (C=O) groups excluding carboxylic acids is 3. The van der Waals surface area contributed by atoms with E-state index in [2.05, 4.69) is 0 Å². The molecule has 3 fully saturated rings. The lowest BCUT2D eigenvalue weighted by atomic mass is 9.93. The highest BCUT2D eigenvalue weighted by Gasteiger charge is 2.48. The van der Waals surface area contributed by atoms with E-state index in [9.17, 15) is 14.4 Å². The van der Waals surface area contributed by atoms with Crippen LogP contribution < -0.4 is 4.74 Å². The molecule has 0 N–H and O–H groups in total. The number of amides is 3. The Morgan fingerprint density at radius 3 is 2.26 bits per heavy atom. The molecule has 1 saturated carbocycles. The molecule has 38 heavy (non-hydrogen) atoms. The number of likely N-dealkylation sites (tertiary alicyclic amines) is 2. The van der Waals surface area contributed by atoms with Gasteiger partial charge in [-0.2, -0.15) is 0 Å². The van der Waals surface area contributed by atoms with E-state index in [1.807, 2.05) is 34.9 Å². The molecule has 2 aliphatic heterocycles. The maximum absolute atomic E-state index is 13.7. The summed E-state index contributed by atoms with van der Waals surface area (Å²) in [6.45, 7) is 4.10. The summed E-state index contributed by atoms with van der Waals surface area (Å²) in [5.74, 6) is 0.470. The molecule has 0 aromatic heterocycles. The number of ether oxygens (including phenoxy) is 1. The van der Waals surface area contributed by atoms with Gasteiger partial charge in [0.25, 0.3) is 0 Å². The van der Waals surface area contributed by atoms with Gasteiger partial charge in [0.05, 0.1) is 16.1 Å². The molecule has 7 nitrogen and oxygen atoms in total. The normalized spacial score (nSPS) is 22.7. The van der Waals surface area contributed by atoms with E-state index in [-0.39, 0.29) is 35.1 Å². The lowest BCUT2D eigenvalue weighted by Gasteiger charge is -2.34. The van der Waals surface area contributed by atoms with Crippen molar-refractivity contribution in [3.05, 3.63) is 64.1 Å². The molecule has 3 amide bonds. The van der Waals surface area contributed by atoms with E-state index in [0.717, 1.165) is 18.4 Å². The average molecular weight is 559 g/mol. The predicted molar refractivity (Wildman–Crippen MR) is 146 cm³/mol. The molecule has 9 heteroatoms. The Balaban J connectivity index is 1.30. The van der Waals surface area contributed by atoms with Crippen LogP contribution in [0.1, 0.15) is 44.1 Å². The second-order valence-corrected chi connectivity index (χ2v) is 11.8. The maximum Gasteiger partial charge on any atom is 0.415 e. The van der Waals surface area contributed by atoms with Crippen LogP contribution >= 0.6 is 23.2 Å². The Kier molecular flexibility index (Phi) is 7.60. The van der Waals surface area contributed by atoms with E-state index in [1.54, 1.807) is 42.3 Å². The second-order valence-electron chi connectivity index (χ2n) is 11.0. The zero-order valence-electron chi connectivity index (χ0n) is 21.7. The summed E-state index contributed by atoms with van der Waals surface area (Å²) in [4.78, 5) is 44.8. The van der Waals surface area contributed by atoms with Crippen LogP contribution in [0.3, 0.4) is 0 Å². The fourth-order valence-corrected chi connectivity index (χ4v) is 5.90. The van der Waals surface area contributed by atoms with Crippen molar-refractivity contribution >= 4 is 41.1 Å². The first-order chi connectivity index (χ1) is 18.2. The molecule has 5 rings (SSSR count). The summed E-state index contributed by atoms with van der Waals surface area (Å²) < 4.78 is 5.59. The monoisotopic (exact) mass is 557 g/mol. The lowest BCUT2D eigenvalue weighted by molar-refractivity contribution is -0.142. The molecule has 2 saturated heterocycles. The fourth-order valence-electron chi connectivity index (χ4n) is 5.60. The highest BCUT2D eigenvalue weighted by Crippen LogP contribution is 2.47. The number of piperidine rings is 1. The molecule has 1 aliphatic carbocycles. The Labute approximate surface area is 233 Å². The van der Waals surface area contributed by atoms with Crippen LogP contribution in [0.25, 0.3) is 0 Å². The van der Waals surface area contributed by atoms with Crippen molar-refractivity contribution in [3.63, 3.8) is 0 Å². The van der Waals surface area contributed by atoms with Crippen LogP contribution in [0, 0.1) is 11.3 Å². The van der Waals surface area contributed by atoms with E-state index < -0.39 is 6.09 Å². The first-order valence-corrected chi connectivity index (χ1v) is 13.9. The summed E-state index contributed by atoms with van der Waals surface area (Å²) in [5.41, 5.74) is 0.725. The van der Waals surface area contributed by atoms with Crippen LogP contribution in [0.2, 0.25) is 10.0 Å². The molecule has 0 radical (unpaired) electrons. The minimum absolute atomic E-state index is 0.0760. The molecule has 0 bridgehead atoms. The number of rotatable bonds is 5. The van der Waals surface area contributed by atoms with Gasteiger partial charge in [0.15, 0.2) is 0 Å². The first kappa shape index (κ1) is 26.8. The van der Waals surface area contributed by atoms with E-state index in [0.29, 0.717) is 54.8 Å². The summed E-state index contributed by atoms with van der Waals surface area (Å²) in [7, 11) is 1.71.